The molecule has 0 amide bonds. The lowest BCUT2D eigenvalue weighted by Crippen LogP contribution is -2.32. The number of Topliss-reactive ketones (excluding diaryl/α,β-unsaturated/α-hetero) is 1. The minimum atomic E-state index is -0.316. The quantitative estimate of drug-likeness (QED) is 0.808. The molecule has 1 unspecified atom stereocenters. The van der Waals surface area contributed by atoms with E-state index in [9.17, 15) is 4.79 Å². The fourth-order valence-electron chi connectivity index (χ4n) is 1.88. The van der Waals surface area contributed by atoms with E-state index in [0.29, 0.717) is 12.3 Å². The molecule has 0 aliphatic rings. The number of aryl methyl sites for hydroxylation is 1. The Morgan fingerprint density at radius 2 is 1.89 bits per heavy atom. The smallest absolute Gasteiger partial charge is 0.149 e. The monoisotopic (exact) mass is 249 g/mol. The Bertz CT molecular complexity index is 371. The van der Waals surface area contributed by atoms with Gasteiger partial charge in [-0.05, 0) is 36.5 Å². The van der Waals surface area contributed by atoms with Gasteiger partial charge in [-0.1, -0.05) is 26.0 Å². The summed E-state index contributed by atoms with van der Waals surface area (Å²) in [4.78, 5) is 11.8. The third-order valence-corrected chi connectivity index (χ3v) is 2.96. The van der Waals surface area contributed by atoms with Crippen molar-refractivity contribution in [2.24, 2.45) is 11.7 Å². The van der Waals surface area contributed by atoms with Crippen molar-refractivity contribution in [3.8, 4) is 5.75 Å². The van der Waals surface area contributed by atoms with Crippen LogP contribution in [0.3, 0.4) is 0 Å². The van der Waals surface area contributed by atoms with Crippen molar-refractivity contribution in [2.75, 3.05) is 7.11 Å². The van der Waals surface area contributed by atoms with Crippen molar-refractivity contribution in [1.82, 2.24) is 0 Å². The van der Waals surface area contributed by atoms with Gasteiger partial charge in [0.2, 0.25) is 0 Å². The highest BCUT2D eigenvalue weighted by Crippen LogP contribution is 2.13. The lowest BCUT2D eigenvalue weighted by atomic mass is 9.97. The number of rotatable bonds is 7. The van der Waals surface area contributed by atoms with Gasteiger partial charge in [-0.3, -0.25) is 4.79 Å². The lowest BCUT2D eigenvalue weighted by molar-refractivity contribution is -0.120. The van der Waals surface area contributed by atoms with E-state index >= 15 is 0 Å². The van der Waals surface area contributed by atoms with E-state index in [1.54, 1.807) is 7.11 Å². The molecule has 2 N–H and O–H groups in total. The standard InChI is InChI=1S/C15H23NO2/c1-11(2)10-14(16)15(17)9-6-12-4-7-13(18-3)8-5-12/h4-5,7-8,11,14H,6,9-10,16H2,1-3H3. The summed E-state index contributed by atoms with van der Waals surface area (Å²) in [5, 5.41) is 0. The van der Waals surface area contributed by atoms with Crippen molar-refractivity contribution >= 4 is 5.78 Å². The van der Waals surface area contributed by atoms with Gasteiger partial charge in [-0.15, -0.1) is 0 Å². The third kappa shape index (κ3) is 4.88. The lowest BCUT2D eigenvalue weighted by Gasteiger charge is -2.12. The number of carbonyl (C=O) groups excluding carboxylic acids is 1. The number of hydrogen-bond acceptors (Lipinski definition) is 3. The Hall–Kier alpha value is -1.35. The molecule has 1 atom stereocenters. The van der Waals surface area contributed by atoms with E-state index in [1.807, 2.05) is 24.3 Å². The SMILES string of the molecule is COc1ccc(CCC(=O)C(N)CC(C)C)cc1. The molecule has 0 radical (unpaired) electrons. The van der Waals surface area contributed by atoms with Crippen molar-refractivity contribution in [3.05, 3.63) is 29.8 Å². The predicted octanol–water partition coefficient (Wildman–Crippen LogP) is 2.57. The highest BCUT2D eigenvalue weighted by molar-refractivity contribution is 5.83. The van der Waals surface area contributed by atoms with E-state index in [-0.39, 0.29) is 11.8 Å². The van der Waals surface area contributed by atoms with Crippen LogP contribution in [0.4, 0.5) is 0 Å². The zero-order valence-corrected chi connectivity index (χ0v) is 11.5. The average molecular weight is 249 g/mol. The highest BCUT2D eigenvalue weighted by Gasteiger charge is 2.14. The number of methoxy groups -OCH3 is 1. The Morgan fingerprint density at radius 1 is 1.28 bits per heavy atom. The fourth-order valence-corrected chi connectivity index (χ4v) is 1.88. The Kier molecular flexibility index (Phi) is 5.86. The summed E-state index contributed by atoms with van der Waals surface area (Å²) in [6.45, 7) is 4.16. The molecule has 0 saturated carbocycles. The summed E-state index contributed by atoms with van der Waals surface area (Å²) in [6, 6.07) is 7.48. The summed E-state index contributed by atoms with van der Waals surface area (Å²) in [5.74, 6) is 1.45. The molecule has 0 heterocycles. The first-order chi connectivity index (χ1) is 8.52. The molecule has 3 nitrogen and oxygen atoms in total. The minimum Gasteiger partial charge on any atom is -0.497 e. The molecule has 1 aromatic rings. The molecular weight excluding hydrogens is 226 g/mol. The molecule has 0 saturated heterocycles. The van der Waals surface area contributed by atoms with Gasteiger partial charge in [-0.25, -0.2) is 0 Å². The van der Waals surface area contributed by atoms with Gasteiger partial charge in [0, 0.05) is 6.42 Å². The van der Waals surface area contributed by atoms with Gasteiger partial charge >= 0.3 is 0 Å². The number of benzene rings is 1. The van der Waals surface area contributed by atoms with Crippen LogP contribution in [0.2, 0.25) is 0 Å². The van der Waals surface area contributed by atoms with Gasteiger partial charge in [0.15, 0.2) is 0 Å². The van der Waals surface area contributed by atoms with Crippen LogP contribution in [0.5, 0.6) is 5.75 Å². The molecule has 0 aliphatic carbocycles. The van der Waals surface area contributed by atoms with Gasteiger partial charge in [0.1, 0.15) is 11.5 Å². The molecular formula is C15H23NO2. The summed E-state index contributed by atoms with van der Waals surface area (Å²) >= 11 is 0. The summed E-state index contributed by atoms with van der Waals surface area (Å²) in [7, 11) is 1.64. The largest absolute Gasteiger partial charge is 0.497 e. The van der Waals surface area contributed by atoms with E-state index in [2.05, 4.69) is 13.8 Å². The van der Waals surface area contributed by atoms with Crippen molar-refractivity contribution in [2.45, 2.75) is 39.2 Å². The maximum absolute atomic E-state index is 11.8. The fraction of sp³-hybridized carbons (Fsp3) is 0.533. The van der Waals surface area contributed by atoms with Gasteiger partial charge in [0.05, 0.1) is 13.2 Å². The molecule has 100 valence electrons. The number of ketones is 1. The van der Waals surface area contributed by atoms with Crippen LogP contribution >= 0.6 is 0 Å². The number of nitrogens with two attached hydrogens (primary N) is 1. The van der Waals surface area contributed by atoms with Crippen molar-refractivity contribution in [3.63, 3.8) is 0 Å². The molecule has 0 aliphatic heterocycles. The van der Waals surface area contributed by atoms with Crippen LogP contribution < -0.4 is 10.5 Å². The zero-order valence-electron chi connectivity index (χ0n) is 11.5. The van der Waals surface area contributed by atoms with Crippen LogP contribution in [0.15, 0.2) is 24.3 Å². The topological polar surface area (TPSA) is 52.3 Å². The molecule has 18 heavy (non-hydrogen) atoms. The predicted molar refractivity (Wildman–Crippen MR) is 73.8 cm³/mol. The zero-order chi connectivity index (χ0) is 13.5. The summed E-state index contributed by atoms with van der Waals surface area (Å²) in [6.07, 6.45) is 2.02. The summed E-state index contributed by atoms with van der Waals surface area (Å²) < 4.78 is 5.09. The maximum Gasteiger partial charge on any atom is 0.149 e. The van der Waals surface area contributed by atoms with Crippen LogP contribution in [-0.2, 0) is 11.2 Å². The molecule has 0 bridgehead atoms. The van der Waals surface area contributed by atoms with Gasteiger partial charge in [-0.2, -0.15) is 0 Å². The molecule has 0 aromatic heterocycles. The van der Waals surface area contributed by atoms with Crippen molar-refractivity contribution in [1.29, 1.82) is 0 Å². The first-order valence-electron chi connectivity index (χ1n) is 6.44. The number of ether oxygens (including phenoxy) is 1. The molecule has 0 fully saturated rings. The first-order valence-corrected chi connectivity index (χ1v) is 6.44. The van der Waals surface area contributed by atoms with Crippen molar-refractivity contribution < 1.29 is 9.53 Å². The highest BCUT2D eigenvalue weighted by atomic mass is 16.5. The van der Waals surface area contributed by atoms with E-state index in [1.165, 1.54) is 0 Å². The third-order valence-electron chi connectivity index (χ3n) is 2.96. The minimum absolute atomic E-state index is 0.152. The summed E-state index contributed by atoms with van der Waals surface area (Å²) in [5.41, 5.74) is 7.00. The van der Waals surface area contributed by atoms with E-state index in [4.69, 9.17) is 10.5 Å². The molecule has 3 heteroatoms. The second kappa shape index (κ2) is 7.17. The Labute approximate surface area is 109 Å². The maximum atomic E-state index is 11.8. The van der Waals surface area contributed by atoms with E-state index in [0.717, 1.165) is 24.2 Å². The first kappa shape index (κ1) is 14.7. The van der Waals surface area contributed by atoms with E-state index < -0.39 is 0 Å². The Balaban J connectivity index is 2.41. The average Bonchev–Trinajstić information content (AvgIpc) is 2.35. The molecule has 1 rings (SSSR count). The van der Waals surface area contributed by atoms with Gasteiger partial charge in [0.25, 0.3) is 0 Å². The number of hydrogen-bond donors (Lipinski definition) is 1. The second-order valence-electron chi connectivity index (χ2n) is 5.05. The second-order valence-corrected chi connectivity index (χ2v) is 5.05. The Morgan fingerprint density at radius 3 is 2.39 bits per heavy atom. The molecule has 0 spiro atoms. The molecule has 1 aromatic carbocycles. The van der Waals surface area contributed by atoms with Crippen LogP contribution in [0, 0.1) is 5.92 Å². The van der Waals surface area contributed by atoms with Gasteiger partial charge < -0.3 is 10.5 Å². The van der Waals surface area contributed by atoms with Crippen LogP contribution in [0.25, 0.3) is 0 Å². The normalized spacial score (nSPS) is 12.5. The van der Waals surface area contributed by atoms with Crippen LogP contribution in [-0.4, -0.2) is 18.9 Å². The number of carbonyl (C=O) groups is 1. The van der Waals surface area contributed by atoms with Crippen LogP contribution in [0.1, 0.15) is 32.3 Å².